The third-order valence-corrected chi connectivity index (χ3v) is 3.59. The van der Waals surface area contributed by atoms with Crippen LogP contribution in [0.1, 0.15) is 67.2 Å². The highest BCUT2D eigenvalue weighted by atomic mass is 16.5. The Morgan fingerprint density at radius 3 is 1.65 bits per heavy atom. The molecule has 0 radical (unpaired) electrons. The average molecular weight is 330 g/mol. The molecule has 136 valence electrons. The summed E-state index contributed by atoms with van der Waals surface area (Å²) in [6, 6.07) is 0. The van der Waals surface area contributed by atoms with Gasteiger partial charge in [0.1, 0.15) is 11.6 Å². The van der Waals surface area contributed by atoms with Crippen molar-refractivity contribution in [2.45, 2.75) is 78.4 Å². The Morgan fingerprint density at radius 1 is 0.696 bits per heavy atom. The quantitative estimate of drug-likeness (QED) is 0.457. The van der Waals surface area contributed by atoms with Crippen molar-refractivity contribution in [2.24, 2.45) is 0 Å². The van der Waals surface area contributed by atoms with Gasteiger partial charge in [0, 0.05) is 19.4 Å². The molecule has 5 nitrogen and oxygen atoms in total. The van der Waals surface area contributed by atoms with E-state index in [-0.39, 0.29) is 22.8 Å². The summed E-state index contributed by atoms with van der Waals surface area (Å²) in [5.74, 6) is 0.328. The summed E-state index contributed by atoms with van der Waals surface area (Å²) in [4.78, 5) is 21.8. The van der Waals surface area contributed by atoms with Crippen molar-refractivity contribution in [2.75, 3.05) is 26.4 Å². The van der Waals surface area contributed by atoms with Gasteiger partial charge in [0.05, 0.1) is 31.0 Å². The largest absolute Gasteiger partial charge is 0.381 e. The number of Topliss-reactive ketones (excluding diaryl/α,β-unsaturated/α-hetero) is 2. The van der Waals surface area contributed by atoms with Gasteiger partial charge < -0.3 is 19.0 Å². The van der Waals surface area contributed by atoms with Gasteiger partial charge in [0.25, 0.3) is 0 Å². The Balaban J connectivity index is 3.79. The van der Waals surface area contributed by atoms with E-state index in [1.54, 1.807) is 13.8 Å². The third kappa shape index (κ3) is 14.5. The van der Waals surface area contributed by atoms with Gasteiger partial charge in [-0.05, 0) is 54.4 Å². The van der Waals surface area contributed by atoms with Crippen molar-refractivity contribution < 1.29 is 23.8 Å². The summed E-state index contributed by atoms with van der Waals surface area (Å²) in [7, 11) is 0. The molecule has 0 saturated carbocycles. The molecule has 0 saturated heterocycles. The molecule has 0 unspecified atom stereocenters. The lowest BCUT2D eigenvalue weighted by Crippen LogP contribution is -2.31. The minimum atomic E-state index is -0.311. The van der Waals surface area contributed by atoms with Crippen molar-refractivity contribution in [1.82, 2.24) is 0 Å². The second-order valence-corrected chi connectivity index (χ2v) is 7.23. The number of carbonyl (C=O) groups excluding carboxylic acids is 2. The standard InChI is InChI=1S/C18H34O5/c1-15(19)7-9-17(3,4)22-13-14-23-18(5,6)10-12-21-11-8-16(2)20/h7-14H2,1-6H3. The Hall–Kier alpha value is -0.780. The van der Waals surface area contributed by atoms with Crippen LogP contribution in [0.5, 0.6) is 0 Å². The average Bonchev–Trinajstić information content (AvgIpc) is 2.41. The summed E-state index contributed by atoms with van der Waals surface area (Å²) >= 11 is 0. The Bertz CT molecular complexity index is 360. The Labute approximate surface area is 141 Å². The summed E-state index contributed by atoms with van der Waals surface area (Å²) in [5.41, 5.74) is -0.599. The molecule has 5 heteroatoms. The monoisotopic (exact) mass is 330 g/mol. The number of hydrogen-bond acceptors (Lipinski definition) is 5. The molecular weight excluding hydrogens is 296 g/mol. The first kappa shape index (κ1) is 22.2. The van der Waals surface area contributed by atoms with Crippen molar-refractivity contribution in [3.05, 3.63) is 0 Å². The minimum absolute atomic E-state index is 0.144. The molecule has 0 aliphatic heterocycles. The molecule has 23 heavy (non-hydrogen) atoms. The molecule has 0 aromatic carbocycles. The van der Waals surface area contributed by atoms with Crippen molar-refractivity contribution >= 4 is 11.6 Å². The van der Waals surface area contributed by atoms with Crippen LogP contribution < -0.4 is 0 Å². The maximum atomic E-state index is 11.0. The van der Waals surface area contributed by atoms with Gasteiger partial charge in [-0.2, -0.15) is 0 Å². The van der Waals surface area contributed by atoms with Gasteiger partial charge >= 0.3 is 0 Å². The second kappa shape index (κ2) is 10.9. The van der Waals surface area contributed by atoms with Crippen molar-refractivity contribution in [3.8, 4) is 0 Å². The third-order valence-electron chi connectivity index (χ3n) is 3.59. The molecule has 0 aliphatic carbocycles. The minimum Gasteiger partial charge on any atom is -0.381 e. The topological polar surface area (TPSA) is 61.8 Å². The molecule has 0 rings (SSSR count). The van der Waals surface area contributed by atoms with E-state index < -0.39 is 0 Å². The predicted octanol–water partition coefficient (Wildman–Crippen LogP) is 3.33. The first-order valence-corrected chi connectivity index (χ1v) is 8.39. The number of hydrogen-bond donors (Lipinski definition) is 0. The normalized spacial score (nSPS) is 12.4. The molecule has 0 N–H and O–H groups in total. The van der Waals surface area contributed by atoms with Gasteiger partial charge in [-0.25, -0.2) is 0 Å². The lowest BCUT2D eigenvalue weighted by atomic mass is 10.0. The molecule has 0 bridgehead atoms. The molecule has 0 aliphatic rings. The molecule has 0 atom stereocenters. The fraction of sp³-hybridized carbons (Fsp3) is 0.889. The molecule has 0 fully saturated rings. The van der Waals surface area contributed by atoms with E-state index in [1.165, 1.54) is 0 Å². The molecular formula is C18H34O5. The number of rotatable bonds is 14. The first-order valence-electron chi connectivity index (χ1n) is 8.39. The van der Waals surface area contributed by atoms with Crippen LogP contribution in [0, 0.1) is 0 Å². The maximum Gasteiger partial charge on any atom is 0.132 e. The zero-order chi connectivity index (χ0) is 17.9. The van der Waals surface area contributed by atoms with Crippen LogP contribution in [0.2, 0.25) is 0 Å². The predicted molar refractivity (Wildman–Crippen MR) is 90.7 cm³/mol. The van der Waals surface area contributed by atoms with Gasteiger partial charge in [-0.15, -0.1) is 0 Å². The lowest BCUT2D eigenvalue weighted by Gasteiger charge is -2.28. The van der Waals surface area contributed by atoms with Crippen LogP contribution in [-0.2, 0) is 23.8 Å². The van der Waals surface area contributed by atoms with Crippen molar-refractivity contribution in [3.63, 3.8) is 0 Å². The highest BCUT2D eigenvalue weighted by molar-refractivity contribution is 5.75. The SMILES string of the molecule is CC(=O)CCOCCC(C)(C)OCCOC(C)(C)CCC(C)=O. The molecule has 0 aromatic heterocycles. The van der Waals surface area contributed by atoms with Gasteiger partial charge in [-0.3, -0.25) is 4.79 Å². The van der Waals surface area contributed by atoms with Gasteiger partial charge in [0.15, 0.2) is 0 Å². The summed E-state index contributed by atoms with van der Waals surface area (Å²) < 4.78 is 17.1. The first-order chi connectivity index (χ1) is 10.5. The van der Waals surface area contributed by atoms with Crippen LogP contribution >= 0.6 is 0 Å². The highest BCUT2D eigenvalue weighted by Crippen LogP contribution is 2.18. The van der Waals surface area contributed by atoms with Gasteiger partial charge in [-0.1, -0.05) is 0 Å². The van der Waals surface area contributed by atoms with E-state index in [0.29, 0.717) is 39.3 Å². The van der Waals surface area contributed by atoms with E-state index >= 15 is 0 Å². The molecule has 0 heterocycles. The van der Waals surface area contributed by atoms with Crippen LogP contribution in [0.15, 0.2) is 0 Å². The zero-order valence-electron chi connectivity index (χ0n) is 15.7. The van der Waals surface area contributed by atoms with E-state index in [2.05, 4.69) is 0 Å². The van der Waals surface area contributed by atoms with Crippen LogP contribution in [0.3, 0.4) is 0 Å². The van der Waals surface area contributed by atoms with E-state index in [1.807, 2.05) is 27.7 Å². The number of ketones is 2. The fourth-order valence-corrected chi connectivity index (χ4v) is 1.89. The molecule has 0 amide bonds. The van der Waals surface area contributed by atoms with Crippen molar-refractivity contribution in [1.29, 1.82) is 0 Å². The molecule has 0 aromatic rings. The second-order valence-electron chi connectivity index (χ2n) is 7.23. The summed E-state index contributed by atoms with van der Waals surface area (Å²) in [6.45, 7) is 13.2. The van der Waals surface area contributed by atoms with Gasteiger partial charge in [0.2, 0.25) is 0 Å². The van der Waals surface area contributed by atoms with E-state index in [9.17, 15) is 9.59 Å². The van der Waals surface area contributed by atoms with Crippen LogP contribution in [0.4, 0.5) is 0 Å². The Morgan fingerprint density at radius 2 is 1.17 bits per heavy atom. The maximum absolute atomic E-state index is 11.0. The van der Waals surface area contributed by atoms with E-state index in [0.717, 1.165) is 12.8 Å². The smallest absolute Gasteiger partial charge is 0.132 e. The highest BCUT2D eigenvalue weighted by Gasteiger charge is 2.21. The van der Waals surface area contributed by atoms with Crippen LogP contribution in [-0.4, -0.2) is 49.2 Å². The number of carbonyl (C=O) groups is 2. The lowest BCUT2D eigenvalue weighted by molar-refractivity contribution is -0.120. The zero-order valence-corrected chi connectivity index (χ0v) is 15.7. The summed E-state index contributed by atoms with van der Waals surface area (Å²) in [5, 5.41) is 0. The van der Waals surface area contributed by atoms with Crippen LogP contribution in [0.25, 0.3) is 0 Å². The van der Waals surface area contributed by atoms with E-state index in [4.69, 9.17) is 14.2 Å². The Kier molecular flexibility index (Phi) is 10.5. The molecule has 0 spiro atoms. The summed E-state index contributed by atoms with van der Waals surface area (Å²) in [6.07, 6.45) is 2.48. The number of ether oxygens (including phenoxy) is 3. The fourth-order valence-electron chi connectivity index (χ4n) is 1.89.